The number of aromatic nitrogens is 3. The lowest BCUT2D eigenvalue weighted by Gasteiger charge is -2.16. The second-order valence-corrected chi connectivity index (χ2v) is 10.4. The molecule has 1 amide bonds. The molecule has 0 unspecified atom stereocenters. The number of hydrogen-bond donors (Lipinski definition) is 1. The molecule has 0 spiro atoms. The molecule has 0 saturated carbocycles. The first kappa shape index (κ1) is 25.5. The second kappa shape index (κ2) is 10.3. The van der Waals surface area contributed by atoms with E-state index in [4.69, 9.17) is 14.2 Å². The van der Waals surface area contributed by atoms with Crippen molar-refractivity contribution < 1.29 is 27.4 Å². The Hall–Kier alpha value is -4.16. The van der Waals surface area contributed by atoms with Gasteiger partial charge in [0.1, 0.15) is 12.5 Å². The summed E-state index contributed by atoms with van der Waals surface area (Å²) in [6, 6.07) is 13.2. The number of rotatable bonds is 8. The average molecular weight is 538 g/mol. The van der Waals surface area contributed by atoms with Crippen molar-refractivity contribution >= 4 is 38.6 Å². The van der Waals surface area contributed by atoms with E-state index in [-0.39, 0.29) is 35.0 Å². The van der Waals surface area contributed by atoms with Gasteiger partial charge in [-0.2, -0.15) is 9.97 Å². The quantitative estimate of drug-likeness (QED) is 0.359. The zero-order valence-corrected chi connectivity index (χ0v) is 22.0. The summed E-state index contributed by atoms with van der Waals surface area (Å²) in [7, 11) is -2.44. The molecular weight excluding hydrogens is 510 g/mol. The fourth-order valence-corrected chi connectivity index (χ4v) is 5.38. The Kier molecular flexibility index (Phi) is 6.91. The van der Waals surface area contributed by atoms with Crippen LogP contribution in [0.5, 0.6) is 11.6 Å². The summed E-state index contributed by atoms with van der Waals surface area (Å²) in [5.41, 5.74) is 2.04. The highest BCUT2D eigenvalue weighted by Crippen LogP contribution is 2.32. The maximum absolute atomic E-state index is 13.4. The second-order valence-electron chi connectivity index (χ2n) is 8.60. The van der Waals surface area contributed by atoms with Gasteiger partial charge in [0.2, 0.25) is 11.8 Å². The zero-order chi connectivity index (χ0) is 26.9. The summed E-state index contributed by atoms with van der Waals surface area (Å²) in [6.07, 6.45) is 1.43. The predicted octanol–water partition coefficient (Wildman–Crippen LogP) is 3.56. The highest BCUT2D eigenvalue weighted by molar-refractivity contribution is 7.90. The third-order valence-corrected chi connectivity index (χ3v) is 7.75. The summed E-state index contributed by atoms with van der Waals surface area (Å²) in [5.74, 6) is 0.561. The standard InChI is InChI=1S/C26H27N5O6S/c1-4-37-24-20-11-12-31(38(33,34)19-8-5-17(2)6-9-19)23(20)28-26(29-24)27-21-10-7-18(15-22(21)35-3)25(32)30-13-14-36-16-30/h5-12,15H,4,13-14,16H2,1-3H3,(H,27,28,29). The van der Waals surface area contributed by atoms with Crippen LogP contribution in [0.4, 0.5) is 11.6 Å². The molecule has 0 bridgehead atoms. The van der Waals surface area contributed by atoms with Gasteiger partial charge in [0.05, 0.1) is 36.3 Å². The molecule has 0 aliphatic carbocycles. The lowest BCUT2D eigenvalue weighted by Crippen LogP contribution is -2.28. The van der Waals surface area contributed by atoms with Crippen LogP contribution < -0.4 is 14.8 Å². The Morgan fingerprint density at radius 1 is 1.13 bits per heavy atom. The van der Waals surface area contributed by atoms with Crippen LogP contribution in [0.2, 0.25) is 0 Å². The monoisotopic (exact) mass is 537 g/mol. The number of nitrogens with zero attached hydrogens (tertiary/aromatic N) is 4. The Labute approximate surface area is 220 Å². The van der Waals surface area contributed by atoms with Gasteiger partial charge in [-0.15, -0.1) is 0 Å². The van der Waals surface area contributed by atoms with Crippen LogP contribution in [0, 0.1) is 6.92 Å². The number of nitrogens with one attached hydrogen (secondary N) is 1. The Morgan fingerprint density at radius 3 is 2.61 bits per heavy atom. The number of carbonyl (C=O) groups excluding carboxylic acids is 1. The minimum atomic E-state index is -3.93. The van der Waals surface area contributed by atoms with Crippen molar-refractivity contribution in [2.45, 2.75) is 18.7 Å². The van der Waals surface area contributed by atoms with Crippen LogP contribution in [-0.2, 0) is 14.8 Å². The molecule has 11 nitrogen and oxygen atoms in total. The Bertz CT molecular complexity index is 1590. The molecule has 198 valence electrons. The van der Waals surface area contributed by atoms with Gasteiger partial charge in [0.25, 0.3) is 15.9 Å². The lowest BCUT2D eigenvalue weighted by atomic mass is 10.1. The maximum Gasteiger partial charge on any atom is 0.269 e. The number of methoxy groups -OCH3 is 1. The Morgan fingerprint density at radius 2 is 1.92 bits per heavy atom. The maximum atomic E-state index is 13.4. The molecule has 1 N–H and O–H groups in total. The van der Waals surface area contributed by atoms with E-state index in [9.17, 15) is 13.2 Å². The molecule has 1 aliphatic heterocycles. The highest BCUT2D eigenvalue weighted by atomic mass is 32.2. The third kappa shape index (κ3) is 4.75. The van der Waals surface area contributed by atoms with Crippen LogP contribution in [-0.4, -0.2) is 66.8 Å². The van der Waals surface area contributed by atoms with Crippen molar-refractivity contribution in [2.75, 3.05) is 38.9 Å². The van der Waals surface area contributed by atoms with E-state index in [0.29, 0.717) is 42.1 Å². The van der Waals surface area contributed by atoms with Crippen LogP contribution in [0.15, 0.2) is 59.6 Å². The third-order valence-electron chi connectivity index (χ3n) is 6.07. The molecule has 4 aromatic rings. The number of carbonyl (C=O) groups is 1. The van der Waals surface area contributed by atoms with Gasteiger partial charge in [-0.25, -0.2) is 12.4 Å². The summed E-state index contributed by atoms with van der Waals surface area (Å²) in [5, 5.41) is 3.53. The van der Waals surface area contributed by atoms with Crippen LogP contribution in [0.1, 0.15) is 22.8 Å². The van der Waals surface area contributed by atoms with Gasteiger partial charge < -0.3 is 24.4 Å². The molecular formula is C26H27N5O6S. The van der Waals surface area contributed by atoms with E-state index in [1.54, 1.807) is 53.4 Å². The topological polar surface area (TPSA) is 125 Å². The summed E-state index contributed by atoms with van der Waals surface area (Å²) < 4.78 is 44.5. The van der Waals surface area contributed by atoms with Crippen molar-refractivity contribution in [2.24, 2.45) is 0 Å². The van der Waals surface area contributed by atoms with Gasteiger partial charge in [-0.05, 0) is 50.2 Å². The van der Waals surface area contributed by atoms with Gasteiger partial charge in [-0.3, -0.25) is 4.79 Å². The van der Waals surface area contributed by atoms with E-state index in [1.165, 1.54) is 13.3 Å². The number of fused-ring (bicyclic) bond motifs is 1. The van der Waals surface area contributed by atoms with E-state index in [2.05, 4.69) is 15.3 Å². The lowest BCUT2D eigenvalue weighted by molar-refractivity contribution is 0.0694. The molecule has 2 aromatic carbocycles. The first-order valence-electron chi connectivity index (χ1n) is 12.0. The van der Waals surface area contributed by atoms with Crippen LogP contribution in [0.25, 0.3) is 11.0 Å². The average Bonchev–Trinajstić information content (AvgIpc) is 3.60. The van der Waals surface area contributed by atoms with Crippen molar-refractivity contribution in [3.8, 4) is 11.6 Å². The van der Waals surface area contributed by atoms with Gasteiger partial charge >= 0.3 is 0 Å². The number of hydrogen-bond acceptors (Lipinski definition) is 9. The van der Waals surface area contributed by atoms with E-state index < -0.39 is 10.0 Å². The molecule has 38 heavy (non-hydrogen) atoms. The van der Waals surface area contributed by atoms with Crippen molar-refractivity contribution in [1.82, 2.24) is 18.8 Å². The van der Waals surface area contributed by atoms with Gasteiger partial charge in [0.15, 0.2) is 5.65 Å². The number of aryl methyl sites for hydroxylation is 1. The van der Waals surface area contributed by atoms with E-state index >= 15 is 0 Å². The Balaban J connectivity index is 1.54. The highest BCUT2D eigenvalue weighted by Gasteiger charge is 2.24. The molecule has 3 heterocycles. The normalized spacial score (nSPS) is 13.6. The number of ether oxygens (including phenoxy) is 3. The SMILES string of the molecule is CCOc1nc(Nc2ccc(C(=O)N3CCOC3)cc2OC)nc2c1ccn2S(=O)(=O)c1ccc(C)cc1. The number of anilines is 2. The minimum absolute atomic E-state index is 0.102. The minimum Gasteiger partial charge on any atom is -0.495 e. The van der Waals surface area contributed by atoms with Crippen molar-refractivity contribution in [3.63, 3.8) is 0 Å². The zero-order valence-electron chi connectivity index (χ0n) is 21.2. The fourth-order valence-electron chi connectivity index (χ4n) is 4.09. The molecule has 1 saturated heterocycles. The molecule has 1 fully saturated rings. The molecule has 0 atom stereocenters. The van der Waals surface area contributed by atoms with Gasteiger partial charge in [-0.1, -0.05) is 17.7 Å². The summed E-state index contributed by atoms with van der Waals surface area (Å²) in [6.45, 7) is 5.30. The summed E-state index contributed by atoms with van der Waals surface area (Å²) in [4.78, 5) is 23.5. The van der Waals surface area contributed by atoms with Crippen molar-refractivity contribution in [1.29, 1.82) is 0 Å². The fraction of sp³-hybridized carbons (Fsp3) is 0.269. The largest absolute Gasteiger partial charge is 0.495 e. The van der Waals surface area contributed by atoms with E-state index in [0.717, 1.165) is 9.54 Å². The van der Waals surface area contributed by atoms with Crippen molar-refractivity contribution in [3.05, 3.63) is 65.9 Å². The first-order chi connectivity index (χ1) is 18.3. The van der Waals surface area contributed by atoms with Crippen LogP contribution in [0.3, 0.4) is 0 Å². The summed E-state index contributed by atoms with van der Waals surface area (Å²) >= 11 is 0. The predicted molar refractivity (Wildman–Crippen MR) is 141 cm³/mol. The van der Waals surface area contributed by atoms with Crippen LogP contribution >= 0.6 is 0 Å². The van der Waals surface area contributed by atoms with E-state index in [1.807, 2.05) is 13.8 Å². The molecule has 12 heteroatoms. The smallest absolute Gasteiger partial charge is 0.269 e. The molecule has 1 aliphatic rings. The molecule has 2 aromatic heterocycles. The first-order valence-corrected chi connectivity index (χ1v) is 13.4. The number of benzene rings is 2. The van der Waals surface area contributed by atoms with Gasteiger partial charge in [0, 0.05) is 18.3 Å². The number of amides is 1. The molecule has 0 radical (unpaired) electrons. The molecule has 5 rings (SSSR count).